The lowest BCUT2D eigenvalue weighted by molar-refractivity contribution is 0.0848. The highest BCUT2D eigenvalue weighted by molar-refractivity contribution is 7.87. The first-order chi connectivity index (χ1) is 8.55. The summed E-state index contributed by atoms with van der Waals surface area (Å²) in [6.45, 7) is 4.82. The Morgan fingerprint density at radius 3 is 2.47 bits per heavy atom. The van der Waals surface area contributed by atoms with Crippen molar-refractivity contribution in [3.05, 3.63) is 29.8 Å². The van der Waals surface area contributed by atoms with Crippen LogP contribution in [0.4, 0.5) is 5.69 Å². The van der Waals surface area contributed by atoms with Crippen molar-refractivity contribution in [1.29, 1.82) is 0 Å². The molecule has 0 saturated carbocycles. The summed E-state index contributed by atoms with van der Waals surface area (Å²) in [4.78, 5) is 0.133. The second kappa shape index (κ2) is 4.19. The maximum absolute atomic E-state index is 11.8. The van der Waals surface area contributed by atoms with E-state index in [-0.39, 0.29) is 13.0 Å². The fourth-order valence-electron chi connectivity index (χ4n) is 2.50. The summed E-state index contributed by atoms with van der Waals surface area (Å²) in [6.07, 6.45) is 0.206. The van der Waals surface area contributed by atoms with E-state index in [0.29, 0.717) is 0 Å². The van der Waals surface area contributed by atoms with Crippen LogP contribution in [0.25, 0.3) is 0 Å². The van der Waals surface area contributed by atoms with Crippen molar-refractivity contribution in [2.24, 2.45) is 0 Å². The van der Waals surface area contributed by atoms with Crippen LogP contribution in [-0.4, -0.2) is 35.1 Å². The van der Waals surface area contributed by atoms with E-state index in [1.807, 2.05) is 18.2 Å². The van der Waals surface area contributed by atoms with Gasteiger partial charge in [-0.25, -0.2) is 0 Å². The summed E-state index contributed by atoms with van der Waals surface area (Å²) in [7, 11) is -4.28. The Labute approximate surface area is 113 Å². The Balaban J connectivity index is 2.54. The second-order valence-electron chi connectivity index (χ2n) is 5.85. The van der Waals surface area contributed by atoms with E-state index in [2.05, 4.69) is 0 Å². The number of anilines is 1. The van der Waals surface area contributed by atoms with Crippen LogP contribution in [0.2, 0.25) is 0 Å². The van der Waals surface area contributed by atoms with E-state index in [1.54, 1.807) is 24.8 Å². The van der Waals surface area contributed by atoms with Crippen molar-refractivity contribution in [2.75, 3.05) is 11.4 Å². The van der Waals surface area contributed by atoms with Crippen LogP contribution in [0.3, 0.4) is 0 Å². The van der Waals surface area contributed by atoms with Gasteiger partial charge in [-0.15, -0.1) is 0 Å². The van der Waals surface area contributed by atoms with Gasteiger partial charge in [0.05, 0.1) is 5.60 Å². The van der Waals surface area contributed by atoms with Crippen LogP contribution in [0.5, 0.6) is 0 Å². The molecule has 0 aliphatic carbocycles. The first-order valence-corrected chi connectivity index (χ1v) is 7.54. The summed E-state index contributed by atoms with van der Waals surface area (Å²) in [5.41, 5.74) is 0.528. The SMILES string of the molecule is CC(C)(O)CN1c2ccccc2CC1(C)S(=O)(=O)O. The molecule has 6 heteroatoms. The predicted molar refractivity (Wildman–Crippen MR) is 73.7 cm³/mol. The van der Waals surface area contributed by atoms with Crippen molar-refractivity contribution in [1.82, 2.24) is 0 Å². The molecule has 0 aromatic heterocycles. The van der Waals surface area contributed by atoms with E-state index in [9.17, 15) is 18.1 Å². The minimum atomic E-state index is -4.28. The lowest BCUT2D eigenvalue weighted by Gasteiger charge is -2.38. The Morgan fingerprint density at radius 1 is 1.37 bits per heavy atom. The van der Waals surface area contributed by atoms with Crippen molar-refractivity contribution in [3.8, 4) is 0 Å². The summed E-state index contributed by atoms with van der Waals surface area (Å²) in [5.74, 6) is 0. The monoisotopic (exact) mass is 285 g/mol. The largest absolute Gasteiger partial charge is 0.389 e. The maximum atomic E-state index is 11.8. The summed E-state index contributed by atoms with van der Waals surface area (Å²) in [5, 5.41) is 9.98. The fourth-order valence-corrected chi connectivity index (χ4v) is 3.28. The average molecular weight is 285 g/mol. The molecule has 0 spiro atoms. The van der Waals surface area contributed by atoms with Gasteiger partial charge in [-0.3, -0.25) is 4.55 Å². The summed E-state index contributed by atoms with van der Waals surface area (Å²) in [6, 6.07) is 7.28. The van der Waals surface area contributed by atoms with Gasteiger partial charge in [0.25, 0.3) is 10.1 Å². The zero-order chi connectivity index (χ0) is 14.5. The van der Waals surface area contributed by atoms with Gasteiger partial charge in [-0.2, -0.15) is 8.42 Å². The van der Waals surface area contributed by atoms with Gasteiger partial charge in [0.15, 0.2) is 4.87 Å². The molecule has 0 bridgehead atoms. The molecule has 2 N–H and O–H groups in total. The highest BCUT2D eigenvalue weighted by atomic mass is 32.2. The Kier molecular flexibility index (Phi) is 3.16. The number of fused-ring (bicyclic) bond motifs is 1. The lowest BCUT2D eigenvalue weighted by atomic mass is 10.1. The third-order valence-corrected chi connectivity index (χ3v) is 4.95. The van der Waals surface area contributed by atoms with Crippen LogP contribution in [0.1, 0.15) is 26.3 Å². The van der Waals surface area contributed by atoms with Crippen LogP contribution >= 0.6 is 0 Å². The van der Waals surface area contributed by atoms with Gasteiger partial charge in [0.2, 0.25) is 0 Å². The smallest absolute Gasteiger partial charge is 0.289 e. The molecule has 1 aliphatic heterocycles. The molecule has 0 radical (unpaired) electrons. The first-order valence-electron chi connectivity index (χ1n) is 6.10. The molecule has 106 valence electrons. The number of rotatable bonds is 3. The van der Waals surface area contributed by atoms with E-state index in [1.165, 1.54) is 6.92 Å². The molecule has 1 aromatic rings. The number of benzene rings is 1. The van der Waals surface area contributed by atoms with Crippen molar-refractivity contribution in [2.45, 2.75) is 37.7 Å². The average Bonchev–Trinajstić information content (AvgIpc) is 2.51. The van der Waals surface area contributed by atoms with E-state index in [0.717, 1.165) is 11.3 Å². The molecule has 1 aromatic carbocycles. The third kappa shape index (κ3) is 2.48. The molecule has 0 fully saturated rings. The molecule has 1 aliphatic rings. The van der Waals surface area contributed by atoms with E-state index in [4.69, 9.17) is 0 Å². The molecule has 19 heavy (non-hydrogen) atoms. The summed E-state index contributed by atoms with van der Waals surface area (Å²) < 4.78 is 33.1. The lowest BCUT2D eigenvalue weighted by Crippen LogP contribution is -2.54. The van der Waals surface area contributed by atoms with Gasteiger partial charge < -0.3 is 10.0 Å². The predicted octanol–water partition coefficient (Wildman–Crippen LogP) is 1.42. The molecular formula is C13H19NO4S. The standard InChI is InChI=1S/C13H19NO4S/c1-12(2,15)9-14-11-7-5-4-6-10(11)8-13(14,3)19(16,17)18/h4-7,15H,8-9H2,1-3H3,(H,16,17,18). The number of β-amino-alcohol motifs (C(OH)–C–C–N with tert-alkyl or cyclic N) is 1. The number of nitrogens with zero attached hydrogens (tertiary/aromatic N) is 1. The summed E-state index contributed by atoms with van der Waals surface area (Å²) >= 11 is 0. The molecule has 5 nitrogen and oxygen atoms in total. The van der Waals surface area contributed by atoms with E-state index < -0.39 is 20.6 Å². The molecular weight excluding hydrogens is 266 g/mol. The van der Waals surface area contributed by atoms with Gasteiger partial charge in [-0.05, 0) is 32.4 Å². The zero-order valence-corrected chi connectivity index (χ0v) is 12.1. The van der Waals surface area contributed by atoms with Crippen molar-refractivity contribution >= 4 is 15.8 Å². The van der Waals surface area contributed by atoms with Crippen molar-refractivity contribution in [3.63, 3.8) is 0 Å². The Bertz CT molecular complexity index is 591. The van der Waals surface area contributed by atoms with Crippen molar-refractivity contribution < 1.29 is 18.1 Å². The quantitative estimate of drug-likeness (QED) is 0.821. The van der Waals surface area contributed by atoms with Gasteiger partial charge in [-0.1, -0.05) is 18.2 Å². The molecule has 0 saturated heterocycles. The van der Waals surface area contributed by atoms with E-state index >= 15 is 0 Å². The second-order valence-corrected chi connectivity index (χ2v) is 7.68. The molecule has 1 atom stereocenters. The van der Waals surface area contributed by atoms with Gasteiger partial charge in [0, 0.05) is 18.7 Å². The molecule has 0 amide bonds. The zero-order valence-electron chi connectivity index (χ0n) is 11.3. The number of para-hydroxylation sites is 1. The maximum Gasteiger partial charge on any atom is 0.289 e. The topological polar surface area (TPSA) is 77.8 Å². The highest BCUT2D eigenvalue weighted by Crippen LogP contribution is 2.42. The third-order valence-electron chi connectivity index (χ3n) is 3.47. The Morgan fingerprint density at radius 2 is 1.95 bits per heavy atom. The van der Waals surface area contributed by atoms with Crippen LogP contribution in [0.15, 0.2) is 24.3 Å². The number of aliphatic hydroxyl groups is 1. The minimum Gasteiger partial charge on any atom is -0.389 e. The van der Waals surface area contributed by atoms with Crippen LogP contribution in [-0.2, 0) is 16.5 Å². The normalized spacial score (nSPS) is 23.5. The molecule has 2 rings (SSSR count). The van der Waals surface area contributed by atoms with Gasteiger partial charge in [0.1, 0.15) is 0 Å². The molecule has 1 unspecified atom stereocenters. The molecule has 1 heterocycles. The minimum absolute atomic E-state index is 0.125. The fraction of sp³-hybridized carbons (Fsp3) is 0.538. The first kappa shape index (κ1) is 14.3. The number of hydrogen-bond donors (Lipinski definition) is 2. The van der Waals surface area contributed by atoms with Crippen LogP contribution in [0, 0.1) is 0 Å². The van der Waals surface area contributed by atoms with Crippen LogP contribution < -0.4 is 4.90 Å². The highest BCUT2D eigenvalue weighted by Gasteiger charge is 2.50. The van der Waals surface area contributed by atoms with Gasteiger partial charge >= 0.3 is 0 Å². The number of hydrogen-bond acceptors (Lipinski definition) is 4. The Hall–Kier alpha value is -1.11.